The molecule has 0 spiro atoms. The van der Waals surface area contributed by atoms with Crippen molar-refractivity contribution in [3.63, 3.8) is 0 Å². The van der Waals surface area contributed by atoms with Crippen molar-refractivity contribution in [2.75, 3.05) is 13.2 Å². The van der Waals surface area contributed by atoms with Gasteiger partial charge in [0.1, 0.15) is 12.8 Å². The Hall–Kier alpha value is -1.89. The number of benzene rings is 1. The van der Waals surface area contributed by atoms with E-state index in [2.05, 4.69) is 19.6 Å². The molecule has 2 aromatic rings. The molecule has 1 aromatic carbocycles. The Morgan fingerprint density at radius 2 is 1.89 bits per heavy atom. The van der Waals surface area contributed by atoms with Gasteiger partial charge in [-0.1, -0.05) is 50.0 Å². The first-order valence-electron chi connectivity index (χ1n) is 9.42. The van der Waals surface area contributed by atoms with E-state index >= 15 is 0 Å². The molecular weight excluding hydrogens is 358 g/mol. The third-order valence-corrected chi connectivity index (χ3v) is 6.18. The average molecular weight is 390 g/mol. The smallest absolute Gasteiger partial charge is 0.339 e. The molecule has 6 heteroatoms. The van der Waals surface area contributed by atoms with Gasteiger partial charge in [0.25, 0.3) is 0 Å². The van der Waals surface area contributed by atoms with E-state index in [-0.39, 0.29) is 5.97 Å². The van der Waals surface area contributed by atoms with Gasteiger partial charge in [0.2, 0.25) is 0 Å². The number of aromatic nitrogens is 1. The first-order chi connectivity index (χ1) is 12.7. The van der Waals surface area contributed by atoms with Gasteiger partial charge in [-0.15, -0.1) is 0 Å². The number of esters is 1. The Kier molecular flexibility index (Phi) is 7.41. The van der Waals surface area contributed by atoms with Gasteiger partial charge in [-0.2, -0.15) is 0 Å². The largest absolute Gasteiger partial charge is 0.462 e. The Morgan fingerprint density at radius 1 is 1.22 bits per heavy atom. The fourth-order valence-corrected chi connectivity index (χ4v) is 3.65. The van der Waals surface area contributed by atoms with Crippen molar-refractivity contribution in [3.8, 4) is 0 Å². The Morgan fingerprint density at radius 3 is 2.48 bits per heavy atom. The minimum absolute atomic E-state index is 0.296. The molecule has 0 aliphatic heterocycles. The van der Waals surface area contributed by atoms with Crippen molar-refractivity contribution in [1.82, 2.24) is 4.57 Å². The van der Waals surface area contributed by atoms with Gasteiger partial charge in [-0.25, -0.2) is 4.79 Å². The Balaban J connectivity index is 2.29. The maximum atomic E-state index is 12.3. The van der Waals surface area contributed by atoms with Crippen LogP contribution in [0, 0.1) is 6.92 Å². The number of carbonyl (C=O) groups excluding carboxylic acids is 1. The monoisotopic (exact) mass is 389 g/mol. The van der Waals surface area contributed by atoms with Crippen LogP contribution in [0.4, 0.5) is 0 Å². The van der Waals surface area contributed by atoms with Crippen molar-refractivity contribution in [2.24, 2.45) is 0 Å². The van der Waals surface area contributed by atoms with Crippen LogP contribution in [0.25, 0.3) is 0 Å². The van der Waals surface area contributed by atoms with Gasteiger partial charge >= 0.3 is 5.97 Å². The zero-order valence-corrected chi connectivity index (χ0v) is 18.0. The molecule has 0 saturated carbocycles. The first-order valence-corrected chi connectivity index (χ1v) is 13.1. The molecule has 1 N–H and O–H groups in total. The molecule has 27 heavy (non-hydrogen) atoms. The van der Waals surface area contributed by atoms with E-state index in [4.69, 9.17) is 9.47 Å². The predicted octanol–water partition coefficient (Wildman–Crippen LogP) is 4.37. The maximum Gasteiger partial charge on any atom is 0.339 e. The quantitative estimate of drug-likeness (QED) is 0.393. The zero-order chi connectivity index (χ0) is 20.0. The van der Waals surface area contributed by atoms with E-state index in [1.807, 2.05) is 41.8 Å². The summed E-state index contributed by atoms with van der Waals surface area (Å²) >= 11 is 0. The summed E-state index contributed by atoms with van der Waals surface area (Å²) in [5.41, 5.74) is 2.63. The average Bonchev–Trinajstić information content (AvgIpc) is 2.95. The number of rotatable bonds is 9. The maximum absolute atomic E-state index is 12.3. The third kappa shape index (κ3) is 5.79. The standard InChI is InChI=1S/C21H31NO4Si/c1-6-26-21(24)18-14-22(15-25-12-13-27(3,4)5)19(16(18)2)20(23)17-10-8-7-9-11-17/h7-11,14,20,23H,6,12-13,15H2,1-5H3. The van der Waals surface area contributed by atoms with Gasteiger partial charge in [0, 0.05) is 20.9 Å². The number of aliphatic hydroxyl groups excluding tert-OH is 1. The van der Waals surface area contributed by atoms with E-state index in [1.165, 1.54) is 0 Å². The molecule has 148 valence electrons. The Bertz CT molecular complexity index is 750. The highest BCUT2D eigenvalue weighted by Gasteiger charge is 2.24. The van der Waals surface area contributed by atoms with Gasteiger partial charge in [-0.3, -0.25) is 0 Å². The molecular formula is C21H31NO4Si. The first kappa shape index (κ1) is 21.4. The molecule has 1 aromatic heterocycles. The van der Waals surface area contributed by atoms with Gasteiger partial charge in [0.15, 0.2) is 0 Å². The summed E-state index contributed by atoms with van der Waals surface area (Å²) in [6, 6.07) is 10.5. The third-order valence-electron chi connectivity index (χ3n) is 4.48. The number of ether oxygens (including phenoxy) is 2. The fraction of sp³-hybridized carbons (Fsp3) is 0.476. The van der Waals surface area contributed by atoms with Crippen LogP contribution in [-0.4, -0.2) is 36.9 Å². The number of hydrogen-bond acceptors (Lipinski definition) is 4. The molecule has 5 nitrogen and oxygen atoms in total. The molecule has 1 heterocycles. The molecule has 1 unspecified atom stereocenters. The Labute approximate surface area is 162 Å². The lowest BCUT2D eigenvalue weighted by Crippen LogP contribution is -2.22. The normalized spacial score (nSPS) is 12.8. The summed E-state index contributed by atoms with van der Waals surface area (Å²) < 4.78 is 12.9. The van der Waals surface area contributed by atoms with Crippen molar-refractivity contribution < 1.29 is 19.4 Å². The number of nitrogens with zero attached hydrogens (tertiary/aromatic N) is 1. The van der Waals surface area contributed by atoms with Crippen molar-refractivity contribution in [2.45, 2.75) is 52.4 Å². The van der Waals surface area contributed by atoms with Gasteiger partial charge in [0.05, 0.1) is 17.9 Å². The summed E-state index contributed by atoms with van der Waals surface area (Å²) in [5, 5.41) is 10.9. The minimum Gasteiger partial charge on any atom is -0.462 e. The molecule has 0 fully saturated rings. The summed E-state index contributed by atoms with van der Waals surface area (Å²) in [7, 11) is -1.18. The van der Waals surface area contributed by atoms with Crippen LogP contribution in [0.5, 0.6) is 0 Å². The van der Waals surface area contributed by atoms with Crippen LogP contribution < -0.4 is 0 Å². The highest BCUT2D eigenvalue weighted by molar-refractivity contribution is 6.76. The summed E-state index contributed by atoms with van der Waals surface area (Å²) in [5.74, 6) is -0.377. The summed E-state index contributed by atoms with van der Waals surface area (Å²) in [6.07, 6.45) is 0.888. The van der Waals surface area contributed by atoms with Crippen LogP contribution in [0.1, 0.15) is 40.2 Å². The lowest BCUT2D eigenvalue weighted by Gasteiger charge is -2.18. The van der Waals surface area contributed by atoms with Crippen LogP contribution >= 0.6 is 0 Å². The topological polar surface area (TPSA) is 60.7 Å². The fourth-order valence-electron chi connectivity index (χ4n) is 2.89. The lowest BCUT2D eigenvalue weighted by molar-refractivity contribution is 0.0524. The van der Waals surface area contributed by atoms with Crippen LogP contribution in [0.15, 0.2) is 36.5 Å². The second kappa shape index (κ2) is 9.35. The van der Waals surface area contributed by atoms with Crippen LogP contribution in [0.3, 0.4) is 0 Å². The molecule has 0 radical (unpaired) electrons. The predicted molar refractivity (Wildman–Crippen MR) is 110 cm³/mol. The number of carbonyl (C=O) groups is 1. The number of aliphatic hydroxyl groups is 1. The lowest BCUT2D eigenvalue weighted by atomic mass is 10.0. The molecule has 0 saturated heterocycles. The number of hydrogen-bond donors (Lipinski definition) is 1. The molecule has 0 amide bonds. The van der Waals surface area contributed by atoms with E-state index < -0.39 is 14.2 Å². The van der Waals surface area contributed by atoms with Gasteiger partial charge < -0.3 is 19.1 Å². The van der Waals surface area contributed by atoms with Crippen LogP contribution in [0.2, 0.25) is 25.7 Å². The van der Waals surface area contributed by atoms with E-state index in [0.717, 1.165) is 17.2 Å². The van der Waals surface area contributed by atoms with Crippen molar-refractivity contribution >= 4 is 14.0 Å². The van der Waals surface area contributed by atoms with E-state index in [0.29, 0.717) is 31.2 Å². The SMILES string of the molecule is CCOC(=O)c1cn(COCC[Si](C)(C)C)c(C(O)c2ccccc2)c1C. The highest BCUT2D eigenvalue weighted by atomic mass is 28.3. The minimum atomic E-state index is -1.18. The molecule has 2 rings (SSSR count). The second-order valence-corrected chi connectivity index (χ2v) is 13.5. The zero-order valence-electron chi connectivity index (χ0n) is 17.0. The molecule has 1 atom stereocenters. The van der Waals surface area contributed by atoms with E-state index in [1.54, 1.807) is 13.1 Å². The second-order valence-electron chi connectivity index (χ2n) is 7.90. The van der Waals surface area contributed by atoms with Crippen molar-refractivity contribution in [3.05, 3.63) is 58.9 Å². The van der Waals surface area contributed by atoms with Crippen molar-refractivity contribution in [1.29, 1.82) is 0 Å². The molecule has 0 aliphatic rings. The summed E-state index contributed by atoms with van der Waals surface area (Å²) in [4.78, 5) is 12.3. The highest BCUT2D eigenvalue weighted by Crippen LogP contribution is 2.29. The van der Waals surface area contributed by atoms with Crippen LogP contribution in [-0.2, 0) is 16.2 Å². The summed E-state index contributed by atoms with van der Waals surface area (Å²) in [6.45, 7) is 11.8. The molecule has 0 bridgehead atoms. The van der Waals surface area contributed by atoms with Gasteiger partial charge in [-0.05, 0) is 31.0 Å². The molecule has 0 aliphatic carbocycles. The van der Waals surface area contributed by atoms with E-state index in [9.17, 15) is 9.90 Å².